The summed E-state index contributed by atoms with van der Waals surface area (Å²) in [4.78, 5) is 0. The topological polar surface area (TPSA) is 74.8 Å². The molecule has 1 rings (SSSR count). The molecule has 1 atom stereocenters. The van der Waals surface area contributed by atoms with Crippen molar-refractivity contribution in [3.05, 3.63) is 12.3 Å². The van der Waals surface area contributed by atoms with Gasteiger partial charge in [-0.15, -0.1) is 0 Å². The van der Waals surface area contributed by atoms with Crippen LogP contribution in [-0.2, 0) is 10.0 Å². The van der Waals surface area contributed by atoms with Crippen LogP contribution in [0.3, 0.4) is 0 Å². The second-order valence-corrected chi connectivity index (χ2v) is 5.83. The standard InChI is InChI=1S/C7H13N3O2S2/c1-6(13-2)5-9-14(11,12)7-3-4-8-10-7/h3-4,6,9H,5H2,1-2H3,(H,8,10). The first-order chi connectivity index (χ1) is 6.56. The molecule has 0 aromatic carbocycles. The fraction of sp³-hybridized carbons (Fsp3) is 0.571. The summed E-state index contributed by atoms with van der Waals surface area (Å²) in [5.74, 6) is 0. The first kappa shape index (κ1) is 11.5. The van der Waals surface area contributed by atoms with Gasteiger partial charge in [-0.3, -0.25) is 5.10 Å². The zero-order chi connectivity index (χ0) is 10.6. The van der Waals surface area contributed by atoms with Gasteiger partial charge in [0.1, 0.15) is 0 Å². The minimum Gasteiger partial charge on any atom is -0.266 e. The lowest BCUT2D eigenvalue weighted by atomic mass is 10.5. The summed E-state index contributed by atoms with van der Waals surface area (Å²) >= 11 is 1.61. The van der Waals surface area contributed by atoms with Gasteiger partial charge in [0, 0.05) is 11.8 Å². The summed E-state index contributed by atoms with van der Waals surface area (Å²) in [7, 11) is -3.40. The van der Waals surface area contributed by atoms with Crippen molar-refractivity contribution in [2.45, 2.75) is 17.2 Å². The molecule has 2 N–H and O–H groups in total. The van der Waals surface area contributed by atoms with Crippen LogP contribution >= 0.6 is 11.8 Å². The van der Waals surface area contributed by atoms with Crippen molar-refractivity contribution in [3.63, 3.8) is 0 Å². The highest BCUT2D eigenvalue weighted by Crippen LogP contribution is 2.06. The Morgan fingerprint density at radius 3 is 2.93 bits per heavy atom. The number of nitrogens with one attached hydrogen (secondary N) is 2. The number of H-pyrrole nitrogens is 1. The molecular formula is C7H13N3O2S2. The summed E-state index contributed by atoms with van der Waals surface area (Å²) in [5.41, 5.74) is 0. The molecule has 0 radical (unpaired) electrons. The van der Waals surface area contributed by atoms with Crippen molar-refractivity contribution in [2.75, 3.05) is 12.8 Å². The van der Waals surface area contributed by atoms with E-state index in [-0.39, 0.29) is 10.3 Å². The van der Waals surface area contributed by atoms with Crippen LogP contribution in [0.1, 0.15) is 6.92 Å². The number of sulfonamides is 1. The Hall–Kier alpha value is -0.530. The van der Waals surface area contributed by atoms with E-state index < -0.39 is 10.0 Å². The molecule has 7 heteroatoms. The average Bonchev–Trinajstić information content (AvgIpc) is 2.67. The van der Waals surface area contributed by atoms with E-state index in [2.05, 4.69) is 14.9 Å². The Morgan fingerprint density at radius 1 is 1.71 bits per heavy atom. The van der Waals surface area contributed by atoms with Crippen LogP contribution in [-0.4, -0.2) is 36.7 Å². The highest BCUT2D eigenvalue weighted by molar-refractivity contribution is 7.99. The molecule has 0 aliphatic carbocycles. The highest BCUT2D eigenvalue weighted by atomic mass is 32.2. The molecule has 5 nitrogen and oxygen atoms in total. The summed E-state index contributed by atoms with van der Waals surface area (Å²) in [6.07, 6.45) is 3.35. The van der Waals surface area contributed by atoms with Crippen molar-refractivity contribution in [1.82, 2.24) is 14.9 Å². The van der Waals surface area contributed by atoms with E-state index >= 15 is 0 Å². The molecule has 0 bridgehead atoms. The molecular weight excluding hydrogens is 222 g/mol. The zero-order valence-electron chi connectivity index (χ0n) is 8.02. The third-order valence-electron chi connectivity index (χ3n) is 1.73. The van der Waals surface area contributed by atoms with E-state index in [1.54, 1.807) is 11.8 Å². The Labute approximate surface area is 87.7 Å². The van der Waals surface area contributed by atoms with Gasteiger partial charge in [0.25, 0.3) is 10.0 Å². The highest BCUT2D eigenvalue weighted by Gasteiger charge is 2.15. The smallest absolute Gasteiger partial charge is 0.257 e. The van der Waals surface area contributed by atoms with Crippen molar-refractivity contribution in [1.29, 1.82) is 0 Å². The van der Waals surface area contributed by atoms with Gasteiger partial charge in [0.2, 0.25) is 0 Å². The number of thioether (sulfide) groups is 1. The predicted molar refractivity (Wildman–Crippen MR) is 56.8 cm³/mol. The van der Waals surface area contributed by atoms with Gasteiger partial charge in [-0.25, -0.2) is 13.1 Å². The third kappa shape index (κ3) is 3.00. The number of rotatable bonds is 5. The minimum atomic E-state index is -3.40. The van der Waals surface area contributed by atoms with Gasteiger partial charge in [-0.1, -0.05) is 6.92 Å². The molecule has 1 aromatic heterocycles. The quantitative estimate of drug-likeness (QED) is 0.776. The maximum absolute atomic E-state index is 11.5. The van der Waals surface area contributed by atoms with Crippen LogP contribution < -0.4 is 4.72 Å². The third-order valence-corrected chi connectivity index (χ3v) is 4.05. The van der Waals surface area contributed by atoms with Crippen LogP contribution in [0.15, 0.2) is 17.3 Å². The molecule has 1 unspecified atom stereocenters. The van der Waals surface area contributed by atoms with E-state index in [9.17, 15) is 8.42 Å². The number of nitrogens with zero attached hydrogens (tertiary/aromatic N) is 1. The average molecular weight is 235 g/mol. The normalized spacial score (nSPS) is 14.1. The molecule has 0 fully saturated rings. The molecule has 80 valence electrons. The van der Waals surface area contributed by atoms with Gasteiger partial charge >= 0.3 is 0 Å². The van der Waals surface area contributed by atoms with E-state index in [1.165, 1.54) is 12.3 Å². The monoisotopic (exact) mass is 235 g/mol. The maximum atomic E-state index is 11.5. The maximum Gasteiger partial charge on any atom is 0.257 e. The van der Waals surface area contributed by atoms with Crippen molar-refractivity contribution >= 4 is 21.8 Å². The van der Waals surface area contributed by atoms with Crippen LogP contribution in [0.4, 0.5) is 0 Å². The molecule has 0 saturated heterocycles. The molecule has 0 spiro atoms. The van der Waals surface area contributed by atoms with Gasteiger partial charge in [0.05, 0.1) is 6.20 Å². The van der Waals surface area contributed by atoms with E-state index in [1.807, 2.05) is 13.2 Å². The Bertz CT molecular complexity index is 360. The lowest BCUT2D eigenvalue weighted by molar-refractivity contribution is 0.577. The second kappa shape index (κ2) is 4.81. The van der Waals surface area contributed by atoms with Crippen LogP contribution in [0.2, 0.25) is 0 Å². The first-order valence-electron chi connectivity index (χ1n) is 4.08. The number of hydrogen-bond acceptors (Lipinski definition) is 4. The minimum absolute atomic E-state index is 0.103. The summed E-state index contributed by atoms with van der Waals surface area (Å²) < 4.78 is 25.5. The number of aromatic nitrogens is 2. The number of hydrogen-bond donors (Lipinski definition) is 2. The fourth-order valence-corrected chi connectivity index (χ4v) is 2.17. The fourth-order valence-electron chi connectivity index (χ4n) is 0.781. The molecule has 0 saturated carbocycles. The molecule has 0 aliphatic rings. The molecule has 0 aliphatic heterocycles. The second-order valence-electron chi connectivity index (χ2n) is 2.82. The van der Waals surface area contributed by atoms with Crippen LogP contribution in [0.25, 0.3) is 0 Å². The van der Waals surface area contributed by atoms with E-state index in [0.29, 0.717) is 6.54 Å². The first-order valence-corrected chi connectivity index (χ1v) is 6.85. The Kier molecular flexibility index (Phi) is 3.97. The SMILES string of the molecule is CSC(C)CNS(=O)(=O)c1ccn[nH]1. The lowest BCUT2D eigenvalue weighted by Gasteiger charge is -2.08. The van der Waals surface area contributed by atoms with E-state index in [0.717, 1.165) is 0 Å². The van der Waals surface area contributed by atoms with Crippen molar-refractivity contribution < 1.29 is 8.42 Å². The summed E-state index contributed by atoms with van der Waals surface area (Å²) in [6, 6.07) is 1.42. The van der Waals surface area contributed by atoms with Crippen LogP contribution in [0.5, 0.6) is 0 Å². The van der Waals surface area contributed by atoms with Gasteiger partial charge in [-0.05, 0) is 12.3 Å². The van der Waals surface area contributed by atoms with Gasteiger partial charge in [0.15, 0.2) is 5.03 Å². The van der Waals surface area contributed by atoms with E-state index in [4.69, 9.17) is 0 Å². The largest absolute Gasteiger partial charge is 0.266 e. The zero-order valence-corrected chi connectivity index (χ0v) is 9.65. The van der Waals surface area contributed by atoms with Crippen LogP contribution in [0, 0.1) is 0 Å². The molecule has 14 heavy (non-hydrogen) atoms. The van der Waals surface area contributed by atoms with Crippen molar-refractivity contribution in [3.8, 4) is 0 Å². The Balaban J connectivity index is 2.60. The lowest BCUT2D eigenvalue weighted by Crippen LogP contribution is -2.29. The molecule has 0 amide bonds. The molecule has 1 heterocycles. The Morgan fingerprint density at radius 2 is 2.43 bits per heavy atom. The summed E-state index contributed by atoms with van der Waals surface area (Å²) in [5, 5.41) is 6.36. The summed E-state index contributed by atoms with van der Waals surface area (Å²) in [6.45, 7) is 2.38. The van der Waals surface area contributed by atoms with Gasteiger partial charge < -0.3 is 0 Å². The number of aromatic amines is 1. The molecule has 1 aromatic rings. The van der Waals surface area contributed by atoms with Crippen molar-refractivity contribution in [2.24, 2.45) is 0 Å². The van der Waals surface area contributed by atoms with Gasteiger partial charge in [-0.2, -0.15) is 16.9 Å². The predicted octanol–water partition coefficient (Wildman–Crippen LogP) is 0.440.